The van der Waals surface area contributed by atoms with Crippen LogP contribution in [0.5, 0.6) is 0 Å². The Kier molecular flexibility index (Phi) is 2.49. The number of allylic oxidation sites excluding steroid dienone is 1. The highest BCUT2D eigenvalue weighted by molar-refractivity contribution is 5.58. The van der Waals surface area contributed by atoms with Crippen molar-refractivity contribution in [3.8, 4) is 0 Å². The molecule has 1 atom stereocenters. The van der Waals surface area contributed by atoms with Crippen molar-refractivity contribution in [3.63, 3.8) is 0 Å². The van der Waals surface area contributed by atoms with Crippen LogP contribution < -0.4 is 0 Å². The third kappa shape index (κ3) is 1.38. The monoisotopic (exact) mass is 140 g/mol. The highest BCUT2D eigenvalue weighted by Crippen LogP contribution is 2.26. The summed E-state index contributed by atoms with van der Waals surface area (Å²) in [6.07, 6.45) is 6.05. The van der Waals surface area contributed by atoms with Gasteiger partial charge in [0.05, 0.1) is 6.26 Å². The molecule has 0 aromatic rings. The van der Waals surface area contributed by atoms with E-state index < -0.39 is 0 Å². The van der Waals surface area contributed by atoms with Crippen LogP contribution in [0, 0.1) is 5.92 Å². The van der Waals surface area contributed by atoms with E-state index in [2.05, 4.69) is 0 Å². The lowest BCUT2D eigenvalue weighted by molar-refractivity contribution is -0.110. The van der Waals surface area contributed by atoms with Crippen LogP contribution >= 0.6 is 0 Å². The van der Waals surface area contributed by atoms with Crippen molar-refractivity contribution in [2.24, 2.45) is 5.92 Å². The smallest absolute Gasteiger partial charge is 0.127 e. The van der Waals surface area contributed by atoms with Crippen LogP contribution in [0.25, 0.3) is 0 Å². The van der Waals surface area contributed by atoms with E-state index in [0.29, 0.717) is 0 Å². The molecule has 0 saturated heterocycles. The minimum Gasteiger partial charge on any atom is -0.516 e. The quantitative estimate of drug-likeness (QED) is 0.445. The molecule has 2 nitrogen and oxygen atoms in total. The van der Waals surface area contributed by atoms with Gasteiger partial charge in [0.1, 0.15) is 6.29 Å². The second kappa shape index (κ2) is 3.40. The first-order chi connectivity index (χ1) is 4.88. The van der Waals surface area contributed by atoms with Crippen molar-refractivity contribution >= 4 is 6.29 Å². The van der Waals surface area contributed by atoms with Crippen molar-refractivity contribution in [1.82, 2.24) is 0 Å². The number of carbonyl (C=O) groups is 1. The van der Waals surface area contributed by atoms with E-state index in [0.717, 1.165) is 43.8 Å². The summed E-state index contributed by atoms with van der Waals surface area (Å²) in [4.78, 5) is 10.4. The summed E-state index contributed by atoms with van der Waals surface area (Å²) in [6, 6.07) is 0. The van der Waals surface area contributed by atoms with Crippen LogP contribution in [-0.4, -0.2) is 11.4 Å². The summed E-state index contributed by atoms with van der Waals surface area (Å²) in [5.74, 6) is -0.00116. The summed E-state index contributed by atoms with van der Waals surface area (Å²) >= 11 is 0. The van der Waals surface area contributed by atoms with E-state index in [1.807, 2.05) is 0 Å². The Labute approximate surface area is 60.6 Å². The van der Waals surface area contributed by atoms with Gasteiger partial charge in [0.15, 0.2) is 0 Å². The van der Waals surface area contributed by atoms with Gasteiger partial charge in [-0.2, -0.15) is 0 Å². The molecule has 0 aliphatic heterocycles. The molecule has 1 fully saturated rings. The highest BCUT2D eigenvalue weighted by atomic mass is 16.2. The zero-order valence-electron chi connectivity index (χ0n) is 5.92. The third-order valence-electron chi connectivity index (χ3n) is 2.04. The van der Waals surface area contributed by atoms with Gasteiger partial charge in [0, 0.05) is 5.92 Å². The maximum atomic E-state index is 10.4. The zero-order valence-corrected chi connectivity index (χ0v) is 5.92. The predicted octanol–water partition coefficient (Wildman–Crippen LogP) is 1.82. The average Bonchev–Trinajstić information content (AvgIpc) is 2.04. The molecule has 0 aromatic carbocycles. The normalized spacial score (nSPS) is 30.4. The van der Waals surface area contributed by atoms with Gasteiger partial charge in [-0.3, -0.25) is 0 Å². The Morgan fingerprint density at radius 2 is 2.30 bits per heavy atom. The van der Waals surface area contributed by atoms with E-state index in [9.17, 15) is 4.79 Å². The van der Waals surface area contributed by atoms with E-state index >= 15 is 0 Å². The Balaban J connectivity index is 2.59. The summed E-state index contributed by atoms with van der Waals surface area (Å²) in [5, 5.41) is 8.67. The lowest BCUT2D eigenvalue weighted by Gasteiger charge is -2.18. The van der Waals surface area contributed by atoms with Crippen molar-refractivity contribution in [2.45, 2.75) is 25.7 Å². The van der Waals surface area contributed by atoms with Crippen LogP contribution in [0.1, 0.15) is 25.7 Å². The standard InChI is InChI=1S/C8H12O2/c9-5-7-3-1-2-4-8(7)6-10/h5-7,10H,1-4H2/b8-6-. The second-order valence-electron chi connectivity index (χ2n) is 2.69. The Morgan fingerprint density at radius 3 is 2.80 bits per heavy atom. The number of aliphatic hydroxyl groups is 1. The molecule has 10 heavy (non-hydrogen) atoms. The molecule has 1 rings (SSSR count). The van der Waals surface area contributed by atoms with Gasteiger partial charge in [-0.15, -0.1) is 0 Å². The number of aliphatic hydroxyl groups excluding tert-OH is 1. The molecular formula is C8H12O2. The molecule has 1 aliphatic rings. The molecule has 56 valence electrons. The number of rotatable bonds is 1. The summed E-state index contributed by atoms with van der Waals surface area (Å²) in [5.41, 5.74) is 0.904. The number of hydrogen-bond acceptors (Lipinski definition) is 2. The number of carbonyl (C=O) groups excluding carboxylic acids is 1. The second-order valence-corrected chi connectivity index (χ2v) is 2.69. The lowest BCUT2D eigenvalue weighted by Crippen LogP contribution is -2.10. The summed E-state index contributed by atoms with van der Waals surface area (Å²) < 4.78 is 0. The lowest BCUT2D eigenvalue weighted by atomic mass is 9.86. The van der Waals surface area contributed by atoms with E-state index in [1.54, 1.807) is 0 Å². The molecule has 1 saturated carbocycles. The molecule has 1 aliphatic carbocycles. The van der Waals surface area contributed by atoms with Gasteiger partial charge in [-0.1, -0.05) is 6.42 Å². The minimum atomic E-state index is -0.00116. The molecule has 0 bridgehead atoms. The van der Waals surface area contributed by atoms with Gasteiger partial charge in [-0.05, 0) is 24.8 Å². The van der Waals surface area contributed by atoms with E-state index in [-0.39, 0.29) is 5.92 Å². The Bertz CT molecular complexity index is 149. The molecule has 0 aromatic heterocycles. The summed E-state index contributed by atoms with van der Waals surface area (Å²) in [6.45, 7) is 0. The zero-order chi connectivity index (χ0) is 7.40. The molecule has 1 N–H and O–H groups in total. The number of hydrogen-bond donors (Lipinski definition) is 1. The van der Waals surface area contributed by atoms with Gasteiger partial charge in [0.2, 0.25) is 0 Å². The van der Waals surface area contributed by atoms with Crippen LogP contribution in [0.3, 0.4) is 0 Å². The maximum Gasteiger partial charge on any atom is 0.127 e. The van der Waals surface area contributed by atoms with Gasteiger partial charge in [0.25, 0.3) is 0 Å². The van der Waals surface area contributed by atoms with Crippen molar-refractivity contribution in [3.05, 3.63) is 11.8 Å². The van der Waals surface area contributed by atoms with Crippen LogP contribution in [0.4, 0.5) is 0 Å². The molecule has 0 radical (unpaired) electrons. The fraction of sp³-hybridized carbons (Fsp3) is 0.625. The summed E-state index contributed by atoms with van der Waals surface area (Å²) in [7, 11) is 0. The Morgan fingerprint density at radius 1 is 1.50 bits per heavy atom. The van der Waals surface area contributed by atoms with Crippen molar-refractivity contribution in [1.29, 1.82) is 0 Å². The Hall–Kier alpha value is -0.790. The van der Waals surface area contributed by atoms with Crippen molar-refractivity contribution in [2.75, 3.05) is 0 Å². The number of aldehydes is 1. The first-order valence-corrected chi connectivity index (χ1v) is 3.67. The van der Waals surface area contributed by atoms with Crippen molar-refractivity contribution < 1.29 is 9.90 Å². The van der Waals surface area contributed by atoms with Gasteiger partial charge in [-0.25, -0.2) is 0 Å². The first kappa shape index (κ1) is 7.32. The molecule has 1 unspecified atom stereocenters. The molecule has 0 heterocycles. The van der Waals surface area contributed by atoms with Gasteiger partial charge >= 0.3 is 0 Å². The molecule has 2 heteroatoms. The fourth-order valence-corrected chi connectivity index (χ4v) is 1.38. The maximum absolute atomic E-state index is 10.4. The van der Waals surface area contributed by atoms with Crippen LogP contribution in [0.15, 0.2) is 11.8 Å². The minimum absolute atomic E-state index is 0.00116. The fourth-order valence-electron chi connectivity index (χ4n) is 1.38. The molecule has 0 amide bonds. The SMILES string of the molecule is O=CC1CCCC/C1=C/O. The third-order valence-corrected chi connectivity index (χ3v) is 2.04. The van der Waals surface area contributed by atoms with Crippen LogP contribution in [-0.2, 0) is 4.79 Å². The molecule has 0 spiro atoms. The van der Waals surface area contributed by atoms with E-state index in [1.165, 1.54) is 0 Å². The first-order valence-electron chi connectivity index (χ1n) is 3.67. The molecular weight excluding hydrogens is 128 g/mol. The average molecular weight is 140 g/mol. The largest absolute Gasteiger partial charge is 0.516 e. The predicted molar refractivity (Wildman–Crippen MR) is 38.7 cm³/mol. The topological polar surface area (TPSA) is 37.3 Å². The van der Waals surface area contributed by atoms with E-state index in [4.69, 9.17) is 5.11 Å². The highest BCUT2D eigenvalue weighted by Gasteiger charge is 2.17. The van der Waals surface area contributed by atoms with Gasteiger partial charge < -0.3 is 9.90 Å². The van der Waals surface area contributed by atoms with Crippen LogP contribution in [0.2, 0.25) is 0 Å².